The van der Waals surface area contributed by atoms with Crippen LogP contribution in [0.3, 0.4) is 0 Å². The standard InChI is InChI=1S/C21H27N7O/c1-17-13-19(25-29-17)16-26-9-11-27(12-10-26)21(22-2)23-15-18-5-3-6-20(14-18)28-8-4-7-24-28/h3-8,13-14H,9-12,15-16H2,1-2H3,(H,22,23). The summed E-state index contributed by atoms with van der Waals surface area (Å²) in [5, 5.41) is 11.9. The molecule has 0 bridgehead atoms. The van der Waals surface area contributed by atoms with Crippen molar-refractivity contribution in [1.82, 2.24) is 30.1 Å². The van der Waals surface area contributed by atoms with Gasteiger partial charge in [-0.1, -0.05) is 17.3 Å². The van der Waals surface area contributed by atoms with Gasteiger partial charge in [0.25, 0.3) is 0 Å². The quantitative estimate of drug-likeness (QED) is 0.528. The van der Waals surface area contributed by atoms with Gasteiger partial charge in [0.15, 0.2) is 5.96 Å². The van der Waals surface area contributed by atoms with Crippen LogP contribution in [-0.4, -0.2) is 63.9 Å². The molecule has 152 valence electrons. The summed E-state index contributed by atoms with van der Waals surface area (Å²) in [4.78, 5) is 9.18. The number of aromatic nitrogens is 3. The Kier molecular flexibility index (Phi) is 5.90. The zero-order valence-electron chi connectivity index (χ0n) is 17.0. The highest BCUT2D eigenvalue weighted by atomic mass is 16.5. The lowest BCUT2D eigenvalue weighted by molar-refractivity contribution is 0.169. The third-order valence-corrected chi connectivity index (χ3v) is 5.08. The van der Waals surface area contributed by atoms with Gasteiger partial charge >= 0.3 is 0 Å². The Morgan fingerprint density at radius 1 is 1.17 bits per heavy atom. The normalized spacial score (nSPS) is 15.7. The van der Waals surface area contributed by atoms with Crippen LogP contribution in [0.2, 0.25) is 0 Å². The van der Waals surface area contributed by atoms with Crippen LogP contribution in [0.1, 0.15) is 17.0 Å². The zero-order valence-corrected chi connectivity index (χ0v) is 17.0. The molecule has 29 heavy (non-hydrogen) atoms. The first kappa shape index (κ1) is 19.2. The zero-order chi connectivity index (χ0) is 20.1. The molecule has 3 aromatic rings. The molecule has 3 heterocycles. The fraction of sp³-hybridized carbons (Fsp3) is 0.381. The minimum absolute atomic E-state index is 0.722. The van der Waals surface area contributed by atoms with Crippen molar-refractivity contribution in [3.05, 3.63) is 65.8 Å². The lowest BCUT2D eigenvalue weighted by Gasteiger charge is -2.36. The average molecular weight is 393 g/mol. The van der Waals surface area contributed by atoms with Gasteiger partial charge in [0.1, 0.15) is 5.76 Å². The molecule has 0 spiro atoms. The van der Waals surface area contributed by atoms with E-state index in [4.69, 9.17) is 4.52 Å². The van der Waals surface area contributed by atoms with Gasteiger partial charge in [0, 0.05) is 64.8 Å². The van der Waals surface area contributed by atoms with Crippen LogP contribution < -0.4 is 5.32 Å². The van der Waals surface area contributed by atoms with Gasteiger partial charge in [0.2, 0.25) is 0 Å². The van der Waals surface area contributed by atoms with E-state index in [0.717, 1.165) is 62.4 Å². The van der Waals surface area contributed by atoms with E-state index in [0.29, 0.717) is 0 Å². The van der Waals surface area contributed by atoms with Crippen molar-refractivity contribution in [1.29, 1.82) is 0 Å². The van der Waals surface area contributed by atoms with E-state index in [9.17, 15) is 0 Å². The number of hydrogen-bond acceptors (Lipinski definition) is 5. The van der Waals surface area contributed by atoms with E-state index in [1.807, 2.05) is 37.0 Å². The maximum Gasteiger partial charge on any atom is 0.194 e. The highest BCUT2D eigenvalue weighted by Gasteiger charge is 2.20. The molecule has 1 aliphatic heterocycles. The van der Waals surface area contributed by atoms with Crippen LogP contribution in [0.5, 0.6) is 0 Å². The molecular formula is C21H27N7O. The van der Waals surface area contributed by atoms with Gasteiger partial charge in [-0.15, -0.1) is 0 Å². The number of aryl methyl sites for hydroxylation is 1. The average Bonchev–Trinajstić information content (AvgIpc) is 3.42. The topological polar surface area (TPSA) is 74.7 Å². The van der Waals surface area contributed by atoms with Crippen molar-refractivity contribution in [2.24, 2.45) is 4.99 Å². The summed E-state index contributed by atoms with van der Waals surface area (Å²) in [5.41, 5.74) is 3.25. The first-order chi connectivity index (χ1) is 14.2. The summed E-state index contributed by atoms with van der Waals surface area (Å²) >= 11 is 0. The largest absolute Gasteiger partial charge is 0.361 e. The van der Waals surface area contributed by atoms with Crippen molar-refractivity contribution >= 4 is 5.96 Å². The first-order valence-electron chi connectivity index (χ1n) is 9.90. The molecule has 1 N–H and O–H groups in total. The van der Waals surface area contributed by atoms with Crippen LogP contribution in [-0.2, 0) is 13.1 Å². The molecule has 0 aliphatic carbocycles. The van der Waals surface area contributed by atoms with E-state index in [1.54, 1.807) is 6.20 Å². The summed E-state index contributed by atoms with van der Waals surface area (Å²) in [6, 6.07) is 12.3. The molecule has 1 aromatic carbocycles. The number of aliphatic imine (C=N–C) groups is 1. The van der Waals surface area contributed by atoms with E-state index in [-0.39, 0.29) is 0 Å². The van der Waals surface area contributed by atoms with Crippen molar-refractivity contribution in [3.8, 4) is 5.69 Å². The Bertz CT molecular complexity index is 940. The second-order valence-electron chi connectivity index (χ2n) is 7.21. The lowest BCUT2D eigenvalue weighted by Crippen LogP contribution is -2.52. The third kappa shape index (κ3) is 4.83. The summed E-state index contributed by atoms with van der Waals surface area (Å²) < 4.78 is 7.04. The van der Waals surface area contributed by atoms with E-state index in [1.165, 1.54) is 5.56 Å². The number of hydrogen-bond donors (Lipinski definition) is 1. The molecule has 0 unspecified atom stereocenters. The number of guanidine groups is 1. The van der Waals surface area contributed by atoms with Crippen LogP contribution in [0.25, 0.3) is 5.69 Å². The molecule has 1 aliphatic rings. The van der Waals surface area contributed by atoms with Gasteiger partial charge in [0.05, 0.1) is 11.4 Å². The number of piperazine rings is 1. The minimum Gasteiger partial charge on any atom is -0.361 e. The second-order valence-corrected chi connectivity index (χ2v) is 7.21. The monoisotopic (exact) mass is 393 g/mol. The van der Waals surface area contributed by atoms with Crippen LogP contribution in [0, 0.1) is 6.92 Å². The highest BCUT2D eigenvalue weighted by Crippen LogP contribution is 2.11. The Morgan fingerprint density at radius 3 is 2.72 bits per heavy atom. The van der Waals surface area contributed by atoms with Crippen molar-refractivity contribution in [2.45, 2.75) is 20.0 Å². The number of nitrogens with one attached hydrogen (secondary N) is 1. The van der Waals surface area contributed by atoms with Crippen LogP contribution in [0.4, 0.5) is 0 Å². The summed E-state index contributed by atoms with van der Waals surface area (Å²) in [7, 11) is 1.84. The van der Waals surface area contributed by atoms with Crippen molar-refractivity contribution < 1.29 is 4.52 Å². The highest BCUT2D eigenvalue weighted by molar-refractivity contribution is 5.80. The fourth-order valence-corrected chi connectivity index (χ4v) is 3.58. The van der Waals surface area contributed by atoms with Gasteiger partial charge in [-0.25, -0.2) is 4.68 Å². The third-order valence-electron chi connectivity index (χ3n) is 5.08. The lowest BCUT2D eigenvalue weighted by atomic mass is 10.2. The summed E-state index contributed by atoms with van der Waals surface area (Å²) in [6.45, 7) is 7.29. The molecule has 8 heteroatoms. The summed E-state index contributed by atoms with van der Waals surface area (Å²) in [5.74, 6) is 1.80. The van der Waals surface area contributed by atoms with E-state index >= 15 is 0 Å². The van der Waals surface area contributed by atoms with E-state index in [2.05, 4.69) is 54.6 Å². The van der Waals surface area contributed by atoms with Crippen molar-refractivity contribution in [3.63, 3.8) is 0 Å². The van der Waals surface area contributed by atoms with Gasteiger partial charge in [-0.3, -0.25) is 9.89 Å². The Morgan fingerprint density at radius 2 is 2.03 bits per heavy atom. The number of nitrogens with zero attached hydrogens (tertiary/aromatic N) is 6. The van der Waals surface area contributed by atoms with E-state index < -0.39 is 0 Å². The SMILES string of the molecule is CN=C(NCc1cccc(-n2cccn2)c1)N1CCN(Cc2cc(C)on2)CC1. The Balaban J connectivity index is 1.29. The molecule has 2 aromatic heterocycles. The molecule has 1 saturated heterocycles. The van der Waals surface area contributed by atoms with Gasteiger partial charge in [-0.05, 0) is 30.7 Å². The van der Waals surface area contributed by atoms with Crippen molar-refractivity contribution in [2.75, 3.05) is 33.2 Å². The molecule has 0 radical (unpaired) electrons. The molecule has 1 fully saturated rings. The number of rotatable bonds is 5. The van der Waals surface area contributed by atoms with Crippen LogP contribution in [0.15, 0.2) is 58.3 Å². The Labute approximate surface area is 170 Å². The smallest absolute Gasteiger partial charge is 0.194 e. The first-order valence-corrected chi connectivity index (χ1v) is 9.90. The molecule has 4 rings (SSSR count). The second kappa shape index (κ2) is 8.91. The molecule has 0 amide bonds. The summed E-state index contributed by atoms with van der Waals surface area (Å²) in [6.07, 6.45) is 3.74. The fourth-order valence-electron chi connectivity index (χ4n) is 3.58. The molecule has 8 nitrogen and oxygen atoms in total. The Hall–Kier alpha value is -3.13. The predicted octanol–water partition coefficient (Wildman–Crippen LogP) is 2.06. The molecule has 0 atom stereocenters. The maximum absolute atomic E-state index is 5.17. The maximum atomic E-state index is 5.17. The minimum atomic E-state index is 0.722. The predicted molar refractivity (Wildman–Crippen MR) is 112 cm³/mol. The van der Waals surface area contributed by atoms with Crippen LogP contribution >= 0.6 is 0 Å². The van der Waals surface area contributed by atoms with Gasteiger partial charge < -0.3 is 14.7 Å². The van der Waals surface area contributed by atoms with Gasteiger partial charge in [-0.2, -0.15) is 5.10 Å². The number of benzene rings is 1. The molecular weight excluding hydrogens is 366 g/mol. The molecule has 0 saturated carbocycles.